The molecule has 0 aliphatic rings. The number of aromatic carboxylic acids is 1. The summed E-state index contributed by atoms with van der Waals surface area (Å²) in [6.45, 7) is 5.35. The quantitative estimate of drug-likeness (QED) is 0.672. The maximum absolute atomic E-state index is 12.1. The first-order chi connectivity index (χ1) is 9.72. The summed E-state index contributed by atoms with van der Waals surface area (Å²) in [6, 6.07) is 1.33. The lowest BCUT2D eigenvalue weighted by atomic mass is 9.97. The molecule has 0 saturated heterocycles. The second kappa shape index (κ2) is 7.35. The Kier molecular flexibility index (Phi) is 6.33. The Bertz CT molecular complexity index is 590. The SMILES string of the molecule is CCC(CC)C(O)CNS(=O)(=O)c1cc(C)c(C(=O)O)s1. The summed E-state index contributed by atoms with van der Waals surface area (Å²) in [5.74, 6) is -1.11. The lowest BCUT2D eigenvalue weighted by molar-refractivity contribution is 0.0701. The molecule has 1 unspecified atom stereocenters. The molecule has 1 aromatic rings. The number of carboxylic acid groups (broad SMARTS) is 1. The molecule has 0 spiro atoms. The van der Waals surface area contributed by atoms with Gasteiger partial charge in [-0.3, -0.25) is 0 Å². The van der Waals surface area contributed by atoms with Crippen LogP contribution in [0.5, 0.6) is 0 Å². The van der Waals surface area contributed by atoms with Crippen LogP contribution >= 0.6 is 11.3 Å². The zero-order valence-electron chi connectivity index (χ0n) is 12.3. The zero-order chi connectivity index (χ0) is 16.2. The third-order valence-corrected chi connectivity index (χ3v) is 6.55. The van der Waals surface area contributed by atoms with E-state index >= 15 is 0 Å². The van der Waals surface area contributed by atoms with Crippen LogP contribution in [0.1, 0.15) is 41.9 Å². The predicted molar refractivity (Wildman–Crippen MR) is 81.3 cm³/mol. The molecule has 0 bridgehead atoms. The zero-order valence-corrected chi connectivity index (χ0v) is 13.9. The Labute approximate surface area is 128 Å². The van der Waals surface area contributed by atoms with E-state index in [1.54, 1.807) is 6.92 Å². The van der Waals surface area contributed by atoms with Crippen LogP contribution in [-0.4, -0.2) is 37.2 Å². The van der Waals surface area contributed by atoms with Gasteiger partial charge in [-0.15, -0.1) is 11.3 Å². The number of aliphatic hydroxyl groups excluding tert-OH is 1. The van der Waals surface area contributed by atoms with E-state index in [4.69, 9.17) is 5.11 Å². The second-order valence-corrected chi connectivity index (χ2v) is 7.92. The molecule has 6 nitrogen and oxygen atoms in total. The van der Waals surface area contributed by atoms with Crippen LogP contribution in [0.4, 0.5) is 0 Å². The molecular formula is C13H21NO5S2. The van der Waals surface area contributed by atoms with E-state index in [0.717, 1.165) is 12.8 Å². The Morgan fingerprint density at radius 1 is 1.38 bits per heavy atom. The van der Waals surface area contributed by atoms with Crippen molar-refractivity contribution in [2.45, 2.75) is 43.9 Å². The van der Waals surface area contributed by atoms with Gasteiger partial charge in [0.25, 0.3) is 0 Å². The van der Waals surface area contributed by atoms with Crippen molar-refractivity contribution in [2.24, 2.45) is 5.92 Å². The number of sulfonamides is 1. The Balaban J connectivity index is 2.83. The highest BCUT2D eigenvalue weighted by atomic mass is 32.2. The fourth-order valence-electron chi connectivity index (χ4n) is 2.06. The van der Waals surface area contributed by atoms with E-state index in [9.17, 15) is 18.3 Å². The minimum atomic E-state index is -3.80. The number of aliphatic hydroxyl groups is 1. The fourth-order valence-corrected chi connectivity index (χ4v) is 4.54. The van der Waals surface area contributed by atoms with Gasteiger partial charge < -0.3 is 10.2 Å². The molecule has 120 valence electrons. The van der Waals surface area contributed by atoms with Gasteiger partial charge in [0.1, 0.15) is 9.09 Å². The maximum atomic E-state index is 12.1. The number of carboxylic acids is 1. The van der Waals surface area contributed by atoms with Crippen molar-refractivity contribution in [3.05, 3.63) is 16.5 Å². The van der Waals surface area contributed by atoms with Crippen molar-refractivity contribution in [1.82, 2.24) is 4.72 Å². The lowest BCUT2D eigenvalue weighted by Gasteiger charge is -2.20. The van der Waals surface area contributed by atoms with Crippen LogP contribution in [0, 0.1) is 12.8 Å². The Morgan fingerprint density at radius 2 is 1.95 bits per heavy atom. The molecule has 1 aromatic heterocycles. The molecule has 0 saturated carbocycles. The summed E-state index contributed by atoms with van der Waals surface area (Å²) in [5.41, 5.74) is 0.411. The van der Waals surface area contributed by atoms with Gasteiger partial charge in [0, 0.05) is 6.54 Å². The van der Waals surface area contributed by atoms with Crippen LogP contribution in [0.15, 0.2) is 10.3 Å². The van der Waals surface area contributed by atoms with Crippen LogP contribution < -0.4 is 4.72 Å². The first kappa shape index (κ1) is 18.1. The fraction of sp³-hybridized carbons (Fsp3) is 0.615. The minimum absolute atomic E-state index is 0.0101. The van der Waals surface area contributed by atoms with Gasteiger partial charge in [-0.05, 0) is 24.5 Å². The van der Waals surface area contributed by atoms with E-state index in [-0.39, 0.29) is 21.5 Å². The highest BCUT2D eigenvalue weighted by Gasteiger charge is 2.24. The molecular weight excluding hydrogens is 314 g/mol. The van der Waals surface area contributed by atoms with Gasteiger partial charge in [-0.2, -0.15) is 0 Å². The van der Waals surface area contributed by atoms with Crippen LogP contribution in [0.3, 0.4) is 0 Å². The van der Waals surface area contributed by atoms with Crippen molar-refractivity contribution in [3.63, 3.8) is 0 Å². The smallest absolute Gasteiger partial charge is 0.346 e. The van der Waals surface area contributed by atoms with Gasteiger partial charge in [-0.1, -0.05) is 26.7 Å². The molecule has 0 aliphatic heterocycles. The normalized spacial score (nSPS) is 13.6. The average Bonchev–Trinajstić information content (AvgIpc) is 2.81. The van der Waals surface area contributed by atoms with Crippen molar-refractivity contribution in [2.75, 3.05) is 6.54 Å². The van der Waals surface area contributed by atoms with Gasteiger partial charge in [0.15, 0.2) is 0 Å². The molecule has 1 rings (SSSR count). The summed E-state index contributed by atoms with van der Waals surface area (Å²) in [6.07, 6.45) is 0.774. The minimum Gasteiger partial charge on any atom is -0.477 e. The number of rotatable bonds is 8. The number of hydrogen-bond acceptors (Lipinski definition) is 5. The van der Waals surface area contributed by atoms with Crippen LogP contribution in [0.2, 0.25) is 0 Å². The predicted octanol–water partition coefficient (Wildman–Crippen LogP) is 1.83. The van der Waals surface area contributed by atoms with Crippen LogP contribution in [0.25, 0.3) is 0 Å². The molecule has 3 N–H and O–H groups in total. The summed E-state index contributed by atoms with van der Waals surface area (Å²) >= 11 is 0.714. The lowest BCUT2D eigenvalue weighted by Crippen LogP contribution is -2.35. The van der Waals surface area contributed by atoms with E-state index in [1.165, 1.54) is 6.07 Å². The molecule has 1 heterocycles. The number of carbonyl (C=O) groups is 1. The van der Waals surface area contributed by atoms with Gasteiger partial charge in [0.2, 0.25) is 10.0 Å². The summed E-state index contributed by atoms with van der Waals surface area (Å²) < 4.78 is 26.5. The van der Waals surface area contributed by atoms with Crippen LogP contribution in [-0.2, 0) is 10.0 Å². The Morgan fingerprint density at radius 3 is 2.38 bits per heavy atom. The van der Waals surface area contributed by atoms with E-state index in [2.05, 4.69) is 4.72 Å². The standard InChI is InChI=1S/C13H21NO5S2/c1-4-9(5-2)10(15)7-14-21(18,19)11-6-8(3)12(20-11)13(16)17/h6,9-10,14-15H,4-5,7H2,1-3H3,(H,16,17). The summed E-state index contributed by atoms with van der Waals surface area (Å²) in [7, 11) is -3.80. The summed E-state index contributed by atoms with van der Waals surface area (Å²) in [4.78, 5) is 11.0. The average molecular weight is 335 g/mol. The van der Waals surface area contributed by atoms with Crippen molar-refractivity contribution >= 4 is 27.3 Å². The van der Waals surface area contributed by atoms with Gasteiger partial charge in [0.05, 0.1) is 6.10 Å². The molecule has 0 aliphatic carbocycles. The van der Waals surface area contributed by atoms with Gasteiger partial charge in [-0.25, -0.2) is 17.9 Å². The molecule has 0 fully saturated rings. The highest BCUT2D eigenvalue weighted by molar-refractivity contribution is 7.91. The first-order valence-electron chi connectivity index (χ1n) is 6.74. The number of thiophene rings is 1. The number of hydrogen-bond donors (Lipinski definition) is 3. The number of aryl methyl sites for hydroxylation is 1. The monoisotopic (exact) mass is 335 g/mol. The van der Waals surface area contributed by atoms with Crippen molar-refractivity contribution < 1.29 is 23.4 Å². The molecule has 21 heavy (non-hydrogen) atoms. The van der Waals surface area contributed by atoms with E-state index in [1.807, 2.05) is 13.8 Å². The summed E-state index contributed by atoms with van der Waals surface area (Å²) in [5, 5.41) is 18.9. The Hall–Kier alpha value is -0.960. The van der Waals surface area contributed by atoms with Crippen molar-refractivity contribution in [3.8, 4) is 0 Å². The third-order valence-electron chi connectivity index (χ3n) is 3.43. The molecule has 8 heteroatoms. The van der Waals surface area contributed by atoms with Gasteiger partial charge >= 0.3 is 5.97 Å². The van der Waals surface area contributed by atoms with E-state index in [0.29, 0.717) is 16.9 Å². The molecule has 0 amide bonds. The molecule has 1 atom stereocenters. The highest BCUT2D eigenvalue weighted by Crippen LogP contribution is 2.26. The topological polar surface area (TPSA) is 104 Å². The molecule has 0 aromatic carbocycles. The first-order valence-corrected chi connectivity index (χ1v) is 9.04. The second-order valence-electron chi connectivity index (χ2n) is 4.88. The van der Waals surface area contributed by atoms with Crippen molar-refractivity contribution in [1.29, 1.82) is 0 Å². The molecule has 0 radical (unpaired) electrons. The maximum Gasteiger partial charge on any atom is 0.346 e. The number of nitrogens with one attached hydrogen (secondary N) is 1. The third kappa shape index (κ3) is 4.50. The largest absolute Gasteiger partial charge is 0.477 e. The van der Waals surface area contributed by atoms with E-state index < -0.39 is 22.1 Å².